The highest BCUT2D eigenvalue weighted by atomic mass is 31.2. The van der Waals surface area contributed by atoms with Crippen LogP contribution in [0.3, 0.4) is 0 Å². The van der Waals surface area contributed by atoms with Crippen LogP contribution in [-0.2, 0) is 16.4 Å². The van der Waals surface area contributed by atoms with Gasteiger partial charge in [-0.3, -0.25) is 5.32 Å². The summed E-state index contributed by atoms with van der Waals surface area (Å²) in [5, 5.41) is 13.4. The summed E-state index contributed by atoms with van der Waals surface area (Å²) in [4.78, 5) is 22.6. The van der Waals surface area contributed by atoms with E-state index in [4.69, 9.17) is 9.84 Å². The molecule has 0 aliphatic carbocycles. The predicted octanol–water partition coefficient (Wildman–Crippen LogP) is 9.17. The van der Waals surface area contributed by atoms with Gasteiger partial charge < -0.3 is 14.6 Å². The van der Waals surface area contributed by atoms with E-state index in [2.05, 4.69) is 41.4 Å². The van der Waals surface area contributed by atoms with Gasteiger partial charge in [0, 0.05) is 58.6 Å². The summed E-state index contributed by atoms with van der Waals surface area (Å²) >= 11 is 0. The predicted molar refractivity (Wildman–Crippen MR) is 199 cm³/mol. The highest BCUT2D eigenvalue weighted by Gasteiger charge is 2.23. The topological polar surface area (TPSA) is 111 Å². The molecule has 9 nitrogen and oxygen atoms in total. The molecule has 0 spiro atoms. The number of fused-ring (bicyclic) bond motifs is 1. The molecule has 0 radical (unpaired) electrons. The van der Waals surface area contributed by atoms with Crippen molar-refractivity contribution in [3.63, 3.8) is 0 Å². The summed E-state index contributed by atoms with van der Waals surface area (Å²) in [6, 6.07) is 32.3. The summed E-state index contributed by atoms with van der Waals surface area (Å²) in [7, 11) is -2.42. The lowest BCUT2D eigenvalue weighted by atomic mass is 9.92. The van der Waals surface area contributed by atoms with Crippen molar-refractivity contribution in [1.29, 1.82) is 0 Å². The third-order valence-corrected chi connectivity index (χ3v) is 11.8. The van der Waals surface area contributed by atoms with Crippen molar-refractivity contribution in [3.05, 3.63) is 126 Å². The van der Waals surface area contributed by atoms with Crippen molar-refractivity contribution < 1.29 is 14.1 Å². The second kappa shape index (κ2) is 14.1. The number of carbonyl (C=O) groups excluding carboxylic acids is 1. The number of anilines is 2. The van der Waals surface area contributed by atoms with Crippen LogP contribution in [0.15, 0.2) is 109 Å². The molecular weight excluding hydrogens is 631 g/mol. The molecule has 6 rings (SSSR count). The largest absolute Gasteiger partial charge is 0.438 e. The van der Waals surface area contributed by atoms with Gasteiger partial charge in [0.1, 0.15) is 24.5 Å². The van der Waals surface area contributed by atoms with Crippen LogP contribution >= 0.6 is 7.14 Å². The number of carbonyl (C=O) groups is 1. The summed E-state index contributed by atoms with van der Waals surface area (Å²) in [6.07, 6.45) is 3.52. The van der Waals surface area contributed by atoms with Crippen LogP contribution in [0.4, 0.5) is 16.3 Å². The fraction of sp³-hybridized carbons (Fsp3) is 0.231. The van der Waals surface area contributed by atoms with Gasteiger partial charge in [-0.25, -0.2) is 14.5 Å². The average Bonchev–Trinajstić information content (AvgIpc) is 3.54. The van der Waals surface area contributed by atoms with E-state index in [1.807, 2.05) is 111 Å². The van der Waals surface area contributed by atoms with Crippen molar-refractivity contribution in [2.75, 3.05) is 23.0 Å². The Hall–Kier alpha value is -5.27. The summed E-state index contributed by atoms with van der Waals surface area (Å²) < 4.78 is 21.3. The van der Waals surface area contributed by atoms with Gasteiger partial charge in [-0.05, 0) is 42.0 Å². The fourth-order valence-electron chi connectivity index (χ4n) is 5.64. The van der Waals surface area contributed by atoms with Gasteiger partial charge in [0.15, 0.2) is 0 Å². The van der Waals surface area contributed by atoms with Crippen LogP contribution in [0, 0.1) is 0 Å². The monoisotopic (exact) mass is 672 g/mol. The van der Waals surface area contributed by atoms with Gasteiger partial charge in [-0.1, -0.05) is 89.2 Å². The Morgan fingerprint density at radius 3 is 2.22 bits per heavy atom. The van der Waals surface area contributed by atoms with Gasteiger partial charge in [0.05, 0.1) is 17.1 Å². The molecule has 0 saturated carbocycles. The SMILES string of the molecule is CCP(=O)(CC)c1ccc(-n2nc(C(C)(C)C)cc2NC(=O)Nc2ccc(Oc3ccnc(Cc4ccccc4)n3)c3ccccc23)cc1. The maximum absolute atomic E-state index is 13.5. The van der Waals surface area contributed by atoms with Crippen molar-refractivity contribution in [3.8, 4) is 17.3 Å². The van der Waals surface area contributed by atoms with Gasteiger partial charge >= 0.3 is 6.03 Å². The summed E-state index contributed by atoms with van der Waals surface area (Å²) in [5.41, 5.74) is 3.07. The minimum Gasteiger partial charge on any atom is -0.438 e. The zero-order valence-corrected chi connectivity index (χ0v) is 29.4. The maximum atomic E-state index is 13.5. The number of ether oxygens (including phenoxy) is 1. The Kier molecular flexibility index (Phi) is 9.65. The van der Waals surface area contributed by atoms with Crippen molar-refractivity contribution in [2.45, 2.75) is 46.5 Å². The van der Waals surface area contributed by atoms with Crippen LogP contribution in [-0.4, -0.2) is 38.1 Å². The minimum atomic E-state index is -2.42. The number of hydrogen-bond acceptors (Lipinski definition) is 6. The van der Waals surface area contributed by atoms with E-state index in [1.165, 1.54) is 0 Å². The number of nitrogens with zero attached hydrogens (tertiary/aromatic N) is 4. The lowest BCUT2D eigenvalue weighted by Crippen LogP contribution is -2.21. The van der Waals surface area contributed by atoms with E-state index >= 15 is 0 Å². The molecule has 0 saturated heterocycles. The maximum Gasteiger partial charge on any atom is 0.324 e. The minimum absolute atomic E-state index is 0.254. The number of aromatic nitrogens is 4. The molecule has 0 aliphatic rings. The number of amides is 2. The van der Waals surface area contributed by atoms with Crippen LogP contribution in [0.2, 0.25) is 0 Å². The Labute approximate surface area is 287 Å². The Balaban J connectivity index is 1.24. The molecule has 4 aromatic carbocycles. The van der Waals surface area contributed by atoms with Crippen LogP contribution in [0.1, 0.15) is 51.7 Å². The molecule has 0 bridgehead atoms. The van der Waals surface area contributed by atoms with E-state index in [0.29, 0.717) is 47.7 Å². The van der Waals surface area contributed by atoms with Crippen LogP contribution < -0.4 is 20.7 Å². The molecule has 6 aromatic rings. The Bertz CT molecular complexity index is 2130. The number of hydrogen-bond donors (Lipinski definition) is 2. The molecular formula is C39H41N6O3P. The third kappa shape index (κ3) is 7.58. The highest BCUT2D eigenvalue weighted by Crippen LogP contribution is 2.43. The third-order valence-electron chi connectivity index (χ3n) is 8.54. The summed E-state index contributed by atoms with van der Waals surface area (Å²) in [5.74, 6) is 2.23. The van der Waals surface area contributed by atoms with E-state index in [9.17, 15) is 9.36 Å². The quantitative estimate of drug-likeness (QED) is 0.140. The second-order valence-corrected chi connectivity index (χ2v) is 16.5. The molecule has 2 amide bonds. The molecule has 0 unspecified atom stereocenters. The smallest absolute Gasteiger partial charge is 0.324 e. The molecule has 250 valence electrons. The normalized spacial score (nSPS) is 11.8. The first-order valence-electron chi connectivity index (χ1n) is 16.5. The van der Waals surface area contributed by atoms with Gasteiger partial charge in [0.2, 0.25) is 5.88 Å². The van der Waals surface area contributed by atoms with Crippen LogP contribution in [0.5, 0.6) is 11.6 Å². The van der Waals surface area contributed by atoms with Gasteiger partial charge in [0.25, 0.3) is 0 Å². The molecule has 0 fully saturated rings. The fourth-order valence-corrected chi connectivity index (χ4v) is 7.51. The highest BCUT2D eigenvalue weighted by molar-refractivity contribution is 7.71. The Morgan fingerprint density at radius 2 is 1.53 bits per heavy atom. The number of urea groups is 1. The van der Waals surface area contributed by atoms with E-state index in [-0.39, 0.29) is 5.41 Å². The second-order valence-electron chi connectivity index (χ2n) is 12.9. The van der Waals surface area contributed by atoms with Gasteiger partial charge in [-0.15, -0.1) is 0 Å². The van der Waals surface area contributed by atoms with E-state index in [0.717, 1.165) is 33.0 Å². The Morgan fingerprint density at radius 1 is 0.837 bits per heavy atom. The molecule has 0 aliphatic heterocycles. The molecule has 2 N–H and O–H groups in total. The zero-order chi connectivity index (χ0) is 34.6. The summed E-state index contributed by atoms with van der Waals surface area (Å²) in [6.45, 7) is 10.2. The molecule has 49 heavy (non-hydrogen) atoms. The zero-order valence-electron chi connectivity index (χ0n) is 28.5. The van der Waals surface area contributed by atoms with Crippen molar-refractivity contribution in [1.82, 2.24) is 19.7 Å². The number of nitrogens with one attached hydrogen (secondary N) is 2. The molecule has 2 heterocycles. The number of benzene rings is 4. The van der Waals surface area contributed by atoms with Gasteiger partial charge in [-0.2, -0.15) is 10.1 Å². The standard InChI is InChI=1S/C39H41N6O3P/c1-6-49(47,7-2)29-19-17-28(18-20-29)45-36(26-34(44-45)39(3,4)5)43-38(46)41-32-21-22-33(31-16-12-11-15-30(31)32)48-37-23-24-40-35(42-37)25-27-13-9-8-10-14-27/h8-24,26H,6-7,25H2,1-5H3,(H2,41,43,46). The molecule has 2 aromatic heterocycles. The first-order chi connectivity index (χ1) is 23.6. The molecule has 10 heteroatoms. The first-order valence-corrected chi connectivity index (χ1v) is 18.6. The van der Waals surface area contributed by atoms with Crippen LogP contribution in [0.25, 0.3) is 16.5 Å². The van der Waals surface area contributed by atoms with Crippen molar-refractivity contribution >= 4 is 40.8 Å². The first kappa shape index (κ1) is 33.6. The molecule has 0 atom stereocenters. The van der Waals surface area contributed by atoms with E-state index < -0.39 is 13.2 Å². The van der Waals surface area contributed by atoms with E-state index in [1.54, 1.807) is 16.9 Å². The lowest BCUT2D eigenvalue weighted by molar-refractivity contribution is 0.262. The van der Waals surface area contributed by atoms with Crippen molar-refractivity contribution in [2.24, 2.45) is 0 Å². The average molecular weight is 673 g/mol. The number of rotatable bonds is 10. The lowest BCUT2D eigenvalue weighted by Gasteiger charge is -2.16.